The maximum Gasteiger partial charge on any atom is 0.454 e. The lowest BCUT2D eigenvalue weighted by molar-refractivity contribution is -0.140. The molecule has 0 N–H and O–H groups in total. The van der Waals surface area contributed by atoms with Crippen LogP contribution in [0.4, 0.5) is 13.2 Å². The molecule has 3 aromatic carbocycles. The Kier molecular flexibility index (Phi) is 16.0. The summed E-state index contributed by atoms with van der Waals surface area (Å²) < 4.78 is 60.8. The van der Waals surface area contributed by atoms with E-state index in [1.165, 1.54) is 24.8 Å². The van der Waals surface area contributed by atoms with Crippen LogP contribution in [0, 0.1) is 0 Å². The van der Waals surface area contributed by atoms with Crippen LogP contribution in [0.3, 0.4) is 0 Å². The summed E-state index contributed by atoms with van der Waals surface area (Å²) in [6.45, 7) is 2.96. The molecule has 0 aliphatic heterocycles. The van der Waals surface area contributed by atoms with Crippen molar-refractivity contribution in [1.29, 1.82) is 0 Å². The fraction of sp³-hybridized carbons (Fsp3) is 0.444. The lowest BCUT2D eigenvalue weighted by atomic mass is 10.0. The molecular weight excluding hydrogens is 617 g/mol. The second-order valence-electron chi connectivity index (χ2n) is 10.8. The second kappa shape index (κ2) is 19.9. The number of ketones is 1. The summed E-state index contributed by atoms with van der Waals surface area (Å²) in [4.78, 5) is 23.1. The van der Waals surface area contributed by atoms with Crippen molar-refractivity contribution in [2.75, 3.05) is 32.7 Å². The second-order valence-corrected chi connectivity index (χ2v) is 12.1. The molecule has 6 nitrogen and oxygen atoms in total. The third-order valence-corrected chi connectivity index (χ3v) is 8.58. The van der Waals surface area contributed by atoms with Crippen LogP contribution in [0.5, 0.6) is 11.5 Å². The minimum Gasteiger partial charge on any atom is -0.491 e. The van der Waals surface area contributed by atoms with Crippen molar-refractivity contribution >= 4 is 23.5 Å². The smallest absolute Gasteiger partial charge is 0.454 e. The van der Waals surface area contributed by atoms with E-state index in [0.29, 0.717) is 30.3 Å². The normalized spacial score (nSPS) is 12.7. The summed E-state index contributed by atoms with van der Waals surface area (Å²) in [7, 11) is 1.40. The number of carbonyl (C=O) groups excluding carboxylic acids is 2. The Morgan fingerprint density at radius 1 is 0.826 bits per heavy atom. The van der Waals surface area contributed by atoms with Gasteiger partial charge in [0.2, 0.25) is 0 Å². The largest absolute Gasteiger partial charge is 0.491 e. The van der Waals surface area contributed by atoms with Gasteiger partial charge in [-0.1, -0.05) is 62.2 Å². The van der Waals surface area contributed by atoms with E-state index in [1.54, 1.807) is 11.8 Å². The molecule has 0 aliphatic carbocycles. The molecule has 0 heterocycles. The fourth-order valence-corrected chi connectivity index (χ4v) is 5.89. The Labute approximate surface area is 274 Å². The van der Waals surface area contributed by atoms with E-state index in [4.69, 9.17) is 18.9 Å². The first-order valence-corrected chi connectivity index (χ1v) is 16.7. The quantitative estimate of drug-likeness (QED) is 0.0643. The molecule has 0 saturated heterocycles. The van der Waals surface area contributed by atoms with E-state index < -0.39 is 23.6 Å². The highest BCUT2D eigenvalue weighted by Crippen LogP contribution is 2.35. The molecular formula is C36H43F3O6S. The van der Waals surface area contributed by atoms with Gasteiger partial charge in [-0.15, -0.1) is 0 Å². The highest BCUT2D eigenvalue weighted by molar-refractivity contribution is 7.99. The van der Waals surface area contributed by atoms with Gasteiger partial charge in [0, 0.05) is 23.2 Å². The molecule has 0 spiro atoms. The van der Waals surface area contributed by atoms with Crippen molar-refractivity contribution in [2.45, 2.75) is 69.4 Å². The van der Waals surface area contributed by atoms with Gasteiger partial charge in [-0.2, -0.15) is 24.9 Å². The molecule has 0 aromatic heterocycles. The summed E-state index contributed by atoms with van der Waals surface area (Å²) in [5.74, 6) is -0.451. The topological polar surface area (TPSA) is 71.1 Å². The van der Waals surface area contributed by atoms with Crippen molar-refractivity contribution in [3.05, 3.63) is 95.6 Å². The van der Waals surface area contributed by atoms with E-state index in [9.17, 15) is 22.8 Å². The van der Waals surface area contributed by atoms with Crippen molar-refractivity contribution < 1.29 is 41.7 Å². The van der Waals surface area contributed by atoms with Crippen LogP contribution in [0.2, 0.25) is 0 Å². The number of aryl methyl sites for hydroxylation is 1. The number of methoxy groups -OCH3 is 1. The number of unbranched alkanes of at least 4 members (excludes halogenated alkanes) is 2. The van der Waals surface area contributed by atoms with Crippen LogP contribution < -0.4 is 9.47 Å². The van der Waals surface area contributed by atoms with E-state index >= 15 is 0 Å². The molecule has 0 radical (unpaired) electrons. The van der Waals surface area contributed by atoms with E-state index in [0.717, 1.165) is 56.2 Å². The lowest BCUT2D eigenvalue weighted by Crippen LogP contribution is -2.29. The number of alkyl halides is 3. The molecule has 0 bridgehead atoms. The molecule has 2 atom stereocenters. The van der Waals surface area contributed by atoms with E-state index in [2.05, 4.69) is 19.1 Å². The highest BCUT2D eigenvalue weighted by Gasteiger charge is 2.39. The number of Topliss-reactive ketones (excluding diaryl/α,β-unsaturated/α-hetero) is 1. The Morgan fingerprint density at radius 2 is 1.46 bits per heavy atom. The number of benzene rings is 3. The number of halogens is 3. The van der Waals surface area contributed by atoms with Crippen LogP contribution in [0.15, 0.2) is 78.9 Å². The summed E-state index contributed by atoms with van der Waals surface area (Å²) in [6, 6.07) is 23.2. The van der Waals surface area contributed by atoms with Gasteiger partial charge in [0.1, 0.15) is 30.8 Å². The molecule has 3 aromatic rings. The van der Waals surface area contributed by atoms with Gasteiger partial charge < -0.3 is 18.9 Å². The summed E-state index contributed by atoms with van der Waals surface area (Å²) >= 11 is 1.75. The average molecular weight is 661 g/mol. The zero-order valence-electron chi connectivity index (χ0n) is 26.4. The summed E-state index contributed by atoms with van der Waals surface area (Å²) in [5.41, 5.74) is 2.01. The predicted octanol–water partition coefficient (Wildman–Crippen LogP) is 8.83. The van der Waals surface area contributed by atoms with Crippen LogP contribution in [-0.2, 0) is 20.7 Å². The van der Waals surface area contributed by atoms with Crippen LogP contribution in [0.1, 0.15) is 72.2 Å². The Balaban J connectivity index is 1.58. The SMILES string of the molecule is CCCCCOC(COc1ccc(C(=O)C(F)(F)F)cc1)COc1ccc(C(CCCc2ccccc2)SCCC(=O)OC)cc1. The summed E-state index contributed by atoms with van der Waals surface area (Å²) in [5, 5.41) is 0.211. The zero-order chi connectivity index (χ0) is 33.2. The van der Waals surface area contributed by atoms with Crippen LogP contribution in [0.25, 0.3) is 0 Å². The molecule has 46 heavy (non-hydrogen) atoms. The minimum absolute atomic E-state index is 0.122. The molecule has 0 amide bonds. The number of ether oxygens (including phenoxy) is 4. The van der Waals surface area contributed by atoms with Crippen molar-refractivity contribution in [2.24, 2.45) is 0 Å². The standard InChI is InChI=1S/C36H43F3O6S/c1-3-4-8-23-43-32(26-45-31-20-16-29(17-21-31)35(41)36(37,38)39)25-44-30-18-14-28(15-19-30)33(46-24-22-34(40)42-2)13-9-12-27-10-6-5-7-11-27/h5-7,10-11,14-21,32-33H,3-4,8-9,12-13,22-26H2,1-2H3. The van der Waals surface area contributed by atoms with Gasteiger partial charge >= 0.3 is 12.1 Å². The molecule has 0 fully saturated rings. The monoisotopic (exact) mass is 660 g/mol. The third kappa shape index (κ3) is 13.5. The van der Waals surface area contributed by atoms with Crippen molar-refractivity contribution in [1.82, 2.24) is 0 Å². The van der Waals surface area contributed by atoms with Gasteiger partial charge in [0.25, 0.3) is 5.78 Å². The fourth-order valence-electron chi connectivity index (χ4n) is 4.64. The Morgan fingerprint density at radius 3 is 2.04 bits per heavy atom. The molecule has 10 heteroatoms. The van der Waals surface area contributed by atoms with Gasteiger partial charge in [-0.3, -0.25) is 9.59 Å². The molecule has 0 aliphatic rings. The third-order valence-electron chi connectivity index (χ3n) is 7.23. The predicted molar refractivity (Wildman–Crippen MR) is 175 cm³/mol. The van der Waals surface area contributed by atoms with Crippen molar-refractivity contribution in [3.63, 3.8) is 0 Å². The van der Waals surface area contributed by atoms with Crippen LogP contribution >= 0.6 is 11.8 Å². The molecule has 250 valence electrons. The van der Waals surface area contributed by atoms with E-state index in [-0.39, 0.29) is 24.4 Å². The van der Waals surface area contributed by atoms with Gasteiger partial charge in [-0.05, 0) is 73.2 Å². The zero-order valence-corrected chi connectivity index (χ0v) is 27.2. The number of thioether (sulfide) groups is 1. The van der Waals surface area contributed by atoms with Crippen molar-refractivity contribution in [3.8, 4) is 11.5 Å². The number of hydrogen-bond donors (Lipinski definition) is 0. The average Bonchev–Trinajstić information content (AvgIpc) is 3.07. The first kappa shape index (κ1) is 37.0. The minimum atomic E-state index is -4.93. The first-order chi connectivity index (χ1) is 22.2. The molecule has 2 unspecified atom stereocenters. The number of esters is 1. The molecule has 3 rings (SSSR count). The van der Waals surface area contributed by atoms with Crippen LogP contribution in [-0.4, -0.2) is 56.7 Å². The number of rotatable bonds is 21. The first-order valence-electron chi connectivity index (χ1n) is 15.6. The maximum absolute atomic E-state index is 12.7. The Hall–Kier alpha value is -3.50. The van der Waals surface area contributed by atoms with E-state index in [1.807, 2.05) is 42.5 Å². The number of hydrogen-bond acceptors (Lipinski definition) is 7. The maximum atomic E-state index is 12.7. The highest BCUT2D eigenvalue weighted by atomic mass is 32.2. The van der Waals surface area contributed by atoms with Gasteiger partial charge in [-0.25, -0.2) is 0 Å². The van der Waals surface area contributed by atoms with Gasteiger partial charge in [0.15, 0.2) is 0 Å². The molecule has 0 saturated carbocycles. The number of carbonyl (C=O) groups is 2. The lowest BCUT2D eigenvalue weighted by Gasteiger charge is -2.20. The van der Waals surface area contributed by atoms with Gasteiger partial charge in [0.05, 0.1) is 13.5 Å². The Bertz CT molecular complexity index is 1300. The summed E-state index contributed by atoms with van der Waals surface area (Å²) in [6.07, 6.45) is 0.903.